The highest BCUT2D eigenvalue weighted by atomic mass is 35.5. The van der Waals surface area contributed by atoms with Crippen LogP contribution in [-0.4, -0.2) is 11.7 Å². The highest BCUT2D eigenvalue weighted by molar-refractivity contribution is 6.31. The van der Waals surface area contributed by atoms with Crippen LogP contribution in [0.15, 0.2) is 24.3 Å². The second-order valence-corrected chi connectivity index (χ2v) is 4.09. The van der Waals surface area contributed by atoms with Crippen LogP contribution in [0.1, 0.15) is 31.9 Å². The number of ketones is 1. The van der Waals surface area contributed by atoms with Crippen molar-refractivity contribution in [2.45, 2.75) is 26.3 Å². The van der Waals surface area contributed by atoms with Gasteiger partial charge in [-0.1, -0.05) is 29.8 Å². The minimum atomic E-state index is -0.344. The quantitative estimate of drug-likeness (QED) is 0.878. The van der Waals surface area contributed by atoms with Gasteiger partial charge in [0.15, 0.2) is 0 Å². The van der Waals surface area contributed by atoms with E-state index in [9.17, 15) is 9.59 Å². The van der Waals surface area contributed by atoms with Crippen molar-refractivity contribution in [1.82, 2.24) is 5.32 Å². The van der Waals surface area contributed by atoms with Crippen molar-refractivity contribution < 1.29 is 9.59 Å². The Bertz CT molecular complexity index is 388. The molecular weight excluding hydrogens is 226 g/mol. The molecule has 1 atom stereocenters. The number of halogens is 1. The molecule has 0 aliphatic rings. The Morgan fingerprint density at radius 2 is 1.94 bits per heavy atom. The fraction of sp³-hybridized carbons (Fsp3) is 0.333. The third-order valence-corrected chi connectivity index (χ3v) is 2.49. The molecule has 1 aromatic rings. The van der Waals surface area contributed by atoms with E-state index in [1.54, 1.807) is 6.07 Å². The van der Waals surface area contributed by atoms with Crippen molar-refractivity contribution in [1.29, 1.82) is 0 Å². The summed E-state index contributed by atoms with van der Waals surface area (Å²) in [6, 6.07) is 6.85. The third-order valence-electron chi connectivity index (χ3n) is 2.15. The smallest absolute Gasteiger partial charge is 0.217 e. The van der Waals surface area contributed by atoms with Gasteiger partial charge in [-0.05, 0) is 18.6 Å². The van der Waals surface area contributed by atoms with Gasteiger partial charge in [-0.3, -0.25) is 9.59 Å². The van der Waals surface area contributed by atoms with Crippen LogP contribution < -0.4 is 5.32 Å². The predicted molar refractivity (Wildman–Crippen MR) is 63.3 cm³/mol. The minimum Gasteiger partial charge on any atom is -0.349 e. The summed E-state index contributed by atoms with van der Waals surface area (Å²) in [6.45, 7) is 2.91. The van der Waals surface area contributed by atoms with Crippen molar-refractivity contribution in [3.63, 3.8) is 0 Å². The molecule has 0 radical (unpaired) electrons. The molecule has 0 aromatic heterocycles. The summed E-state index contributed by atoms with van der Waals surface area (Å²) in [5, 5.41) is 3.28. The predicted octanol–water partition coefficient (Wildman–Crippen LogP) is 2.50. The summed E-state index contributed by atoms with van der Waals surface area (Å²) in [7, 11) is 0. The standard InChI is InChI=1S/C12H14ClNO2/c1-8(15)7-12(14-9(2)16)10-5-3-4-6-11(10)13/h3-6,12H,7H2,1-2H3,(H,14,16). The lowest BCUT2D eigenvalue weighted by molar-refractivity contribution is -0.120. The van der Waals surface area contributed by atoms with Crippen molar-refractivity contribution >= 4 is 23.3 Å². The lowest BCUT2D eigenvalue weighted by Gasteiger charge is -2.18. The molecule has 1 unspecified atom stereocenters. The van der Waals surface area contributed by atoms with Crippen LogP contribution >= 0.6 is 11.6 Å². The van der Waals surface area contributed by atoms with E-state index in [4.69, 9.17) is 11.6 Å². The summed E-state index contributed by atoms with van der Waals surface area (Å²) in [5.74, 6) is -0.162. The van der Waals surface area contributed by atoms with Crippen LogP contribution in [0.4, 0.5) is 0 Å². The number of carbonyl (C=O) groups excluding carboxylic acids is 2. The summed E-state index contributed by atoms with van der Waals surface area (Å²) in [5.41, 5.74) is 0.773. The molecule has 1 amide bonds. The first-order valence-electron chi connectivity index (χ1n) is 5.01. The first kappa shape index (κ1) is 12.7. The van der Waals surface area contributed by atoms with Gasteiger partial charge in [-0.2, -0.15) is 0 Å². The van der Waals surface area contributed by atoms with Gasteiger partial charge in [0.05, 0.1) is 6.04 Å². The summed E-state index contributed by atoms with van der Waals surface area (Å²) < 4.78 is 0. The number of rotatable bonds is 4. The van der Waals surface area contributed by atoms with E-state index in [0.29, 0.717) is 5.02 Å². The summed E-state index contributed by atoms with van der Waals surface area (Å²) in [6.07, 6.45) is 0.253. The molecule has 0 saturated carbocycles. The fourth-order valence-electron chi connectivity index (χ4n) is 1.53. The lowest BCUT2D eigenvalue weighted by Crippen LogP contribution is -2.27. The van der Waals surface area contributed by atoms with E-state index < -0.39 is 0 Å². The Morgan fingerprint density at radius 3 is 2.44 bits per heavy atom. The number of hydrogen-bond acceptors (Lipinski definition) is 2. The average Bonchev–Trinajstić information content (AvgIpc) is 2.15. The van der Waals surface area contributed by atoms with Gasteiger partial charge in [-0.15, -0.1) is 0 Å². The zero-order valence-electron chi connectivity index (χ0n) is 9.29. The second-order valence-electron chi connectivity index (χ2n) is 3.68. The molecule has 3 nitrogen and oxygen atoms in total. The van der Waals surface area contributed by atoms with E-state index in [0.717, 1.165) is 5.56 Å². The Balaban J connectivity index is 2.96. The maximum atomic E-state index is 11.1. The highest BCUT2D eigenvalue weighted by Crippen LogP contribution is 2.25. The van der Waals surface area contributed by atoms with Gasteiger partial charge in [0.2, 0.25) is 5.91 Å². The molecule has 0 bridgehead atoms. The molecule has 1 rings (SSSR count). The monoisotopic (exact) mass is 239 g/mol. The topological polar surface area (TPSA) is 46.2 Å². The zero-order chi connectivity index (χ0) is 12.1. The second kappa shape index (κ2) is 5.66. The fourth-order valence-corrected chi connectivity index (χ4v) is 1.80. The van der Waals surface area contributed by atoms with Gasteiger partial charge >= 0.3 is 0 Å². The normalized spacial score (nSPS) is 11.9. The van der Waals surface area contributed by atoms with Crippen molar-refractivity contribution in [2.24, 2.45) is 0 Å². The third kappa shape index (κ3) is 3.66. The van der Waals surface area contributed by atoms with Gasteiger partial charge in [0.25, 0.3) is 0 Å². The SMILES string of the molecule is CC(=O)CC(NC(C)=O)c1ccccc1Cl. The molecule has 0 fully saturated rings. The summed E-state index contributed by atoms with van der Waals surface area (Å²) >= 11 is 6.02. The van der Waals surface area contributed by atoms with E-state index in [2.05, 4.69) is 5.32 Å². The molecule has 0 aliphatic carbocycles. The Morgan fingerprint density at radius 1 is 1.31 bits per heavy atom. The van der Waals surface area contributed by atoms with Crippen molar-refractivity contribution in [2.75, 3.05) is 0 Å². The van der Waals surface area contributed by atoms with Gasteiger partial charge in [-0.25, -0.2) is 0 Å². The molecule has 1 N–H and O–H groups in total. The van der Waals surface area contributed by atoms with E-state index in [-0.39, 0.29) is 24.2 Å². The zero-order valence-corrected chi connectivity index (χ0v) is 10.0. The van der Waals surface area contributed by atoms with Gasteiger partial charge < -0.3 is 5.32 Å². The Kier molecular flexibility index (Phi) is 4.50. The molecule has 0 aliphatic heterocycles. The van der Waals surface area contributed by atoms with Crippen LogP contribution in [0, 0.1) is 0 Å². The maximum absolute atomic E-state index is 11.1. The van der Waals surface area contributed by atoms with Crippen LogP contribution in [0.25, 0.3) is 0 Å². The van der Waals surface area contributed by atoms with Crippen molar-refractivity contribution in [3.05, 3.63) is 34.9 Å². The van der Waals surface area contributed by atoms with E-state index in [1.807, 2.05) is 18.2 Å². The molecule has 0 saturated heterocycles. The molecular formula is C12H14ClNO2. The van der Waals surface area contributed by atoms with Crippen LogP contribution in [-0.2, 0) is 9.59 Å². The minimum absolute atomic E-state index is 0.0127. The largest absolute Gasteiger partial charge is 0.349 e. The molecule has 16 heavy (non-hydrogen) atoms. The number of hydrogen-bond donors (Lipinski definition) is 1. The van der Waals surface area contributed by atoms with E-state index >= 15 is 0 Å². The number of amides is 1. The van der Waals surface area contributed by atoms with Crippen LogP contribution in [0.2, 0.25) is 5.02 Å². The lowest BCUT2D eigenvalue weighted by atomic mass is 10.0. The number of nitrogens with one attached hydrogen (secondary N) is 1. The molecule has 4 heteroatoms. The van der Waals surface area contributed by atoms with Gasteiger partial charge in [0.1, 0.15) is 5.78 Å². The molecule has 0 heterocycles. The van der Waals surface area contributed by atoms with Crippen molar-refractivity contribution in [3.8, 4) is 0 Å². The summed E-state index contributed by atoms with van der Waals surface area (Å²) in [4.78, 5) is 22.2. The van der Waals surface area contributed by atoms with E-state index in [1.165, 1.54) is 13.8 Å². The highest BCUT2D eigenvalue weighted by Gasteiger charge is 2.17. The first-order chi connectivity index (χ1) is 7.50. The Hall–Kier alpha value is -1.35. The number of benzene rings is 1. The maximum Gasteiger partial charge on any atom is 0.217 e. The molecule has 0 spiro atoms. The molecule has 86 valence electrons. The van der Waals surface area contributed by atoms with Crippen LogP contribution in [0.5, 0.6) is 0 Å². The van der Waals surface area contributed by atoms with Gasteiger partial charge in [0, 0.05) is 18.4 Å². The average molecular weight is 240 g/mol. The molecule has 1 aromatic carbocycles. The van der Waals surface area contributed by atoms with Crippen LogP contribution in [0.3, 0.4) is 0 Å². The number of carbonyl (C=O) groups is 2. The first-order valence-corrected chi connectivity index (χ1v) is 5.39. The Labute approximate surface area is 99.8 Å². The number of Topliss-reactive ketones (excluding diaryl/α,β-unsaturated/α-hetero) is 1.